The molecule has 5 rings (SSSR count). The average Bonchev–Trinajstić information content (AvgIpc) is 3.58. The molecule has 0 amide bonds. The van der Waals surface area contributed by atoms with Gasteiger partial charge in [0.1, 0.15) is 0 Å². The van der Waals surface area contributed by atoms with E-state index in [1.165, 1.54) is 0 Å². The van der Waals surface area contributed by atoms with Crippen LogP contribution in [0.5, 0.6) is 0 Å². The van der Waals surface area contributed by atoms with Crippen molar-refractivity contribution in [3.63, 3.8) is 0 Å². The van der Waals surface area contributed by atoms with Gasteiger partial charge in [-0.25, -0.2) is 0 Å². The summed E-state index contributed by atoms with van der Waals surface area (Å²) in [5.41, 5.74) is 5.02. The van der Waals surface area contributed by atoms with Crippen molar-refractivity contribution >= 4 is 46.0 Å². The Balaban J connectivity index is 1.56. The van der Waals surface area contributed by atoms with Crippen LogP contribution in [0, 0.1) is 0 Å². The second kappa shape index (κ2) is 8.77. The first-order valence-electron chi connectivity index (χ1n) is 10.5. The quantitative estimate of drug-likeness (QED) is 0.229. The van der Waals surface area contributed by atoms with E-state index in [4.69, 9.17) is 0 Å². The second-order valence-electron chi connectivity index (χ2n) is 7.95. The molecule has 0 bridgehead atoms. The molecule has 0 atom stereocenters. The lowest BCUT2D eigenvalue weighted by Gasteiger charge is -2.11. The average molecular weight is 468 g/mol. The van der Waals surface area contributed by atoms with Crippen molar-refractivity contribution in [3.05, 3.63) is 106 Å². The number of hydrogen-bond donors (Lipinski definition) is 0. The summed E-state index contributed by atoms with van der Waals surface area (Å²) in [6.07, 6.45) is 5.36. The number of carbonyl (C=O) groups excluding carboxylic acids is 2. The van der Waals surface area contributed by atoms with E-state index in [-0.39, 0.29) is 17.1 Å². The Labute approximate surface area is 201 Å². The summed E-state index contributed by atoms with van der Waals surface area (Å²) in [5.74, 6) is -0.408. The Kier molecular flexibility index (Phi) is 5.67. The van der Waals surface area contributed by atoms with Gasteiger partial charge in [0.15, 0.2) is 11.6 Å². The third kappa shape index (κ3) is 3.90. The van der Waals surface area contributed by atoms with E-state index < -0.39 is 0 Å². The van der Waals surface area contributed by atoms with E-state index in [0.717, 1.165) is 32.1 Å². The lowest BCUT2D eigenvalue weighted by molar-refractivity contribution is 0.0989. The number of rotatable bonds is 5. The van der Waals surface area contributed by atoms with Gasteiger partial charge in [-0.1, -0.05) is 48.6 Å². The summed E-state index contributed by atoms with van der Waals surface area (Å²) in [7, 11) is 4.00. The lowest BCUT2D eigenvalue weighted by atomic mass is 9.96. The minimum Gasteiger partial charge on any atom is -0.378 e. The SMILES string of the molecule is CN(C)c1ccc(/C=C/C=C2C(=O)c3c(-c4cccs4)ccc(-c4cccs4)c3C2=O)cc1. The van der Waals surface area contributed by atoms with Gasteiger partial charge in [0.2, 0.25) is 0 Å². The van der Waals surface area contributed by atoms with Gasteiger partial charge in [-0.2, -0.15) is 0 Å². The summed E-state index contributed by atoms with van der Waals surface area (Å²) in [4.78, 5) is 31.0. The zero-order valence-corrected chi connectivity index (χ0v) is 19.9. The highest BCUT2D eigenvalue weighted by Gasteiger charge is 2.37. The molecule has 2 heterocycles. The van der Waals surface area contributed by atoms with E-state index in [0.29, 0.717) is 11.1 Å². The molecule has 0 N–H and O–H groups in total. The lowest BCUT2D eigenvalue weighted by Crippen LogP contribution is -2.07. The van der Waals surface area contributed by atoms with Gasteiger partial charge < -0.3 is 4.90 Å². The van der Waals surface area contributed by atoms with Crippen molar-refractivity contribution in [1.29, 1.82) is 0 Å². The molecule has 0 fully saturated rings. The van der Waals surface area contributed by atoms with Gasteiger partial charge in [-0.05, 0) is 46.7 Å². The zero-order chi connectivity index (χ0) is 22.9. The minimum atomic E-state index is -0.204. The molecule has 162 valence electrons. The standard InChI is InChI=1S/C28H21NO2S2/c1-29(2)19-12-10-18(11-13-19)6-3-7-22-27(30)25-20(23-8-4-16-32-23)14-15-21(26(25)28(22)31)24-9-5-17-33-24/h3-17H,1-2H3/b6-3+. The highest BCUT2D eigenvalue weighted by Crippen LogP contribution is 2.42. The third-order valence-electron chi connectivity index (χ3n) is 5.68. The van der Waals surface area contributed by atoms with Crippen LogP contribution in [0.25, 0.3) is 27.0 Å². The highest BCUT2D eigenvalue weighted by atomic mass is 32.1. The minimum absolute atomic E-state index is 0.204. The molecule has 0 unspecified atom stereocenters. The summed E-state index contributed by atoms with van der Waals surface area (Å²) in [6, 6.07) is 19.9. The molecule has 33 heavy (non-hydrogen) atoms. The van der Waals surface area contributed by atoms with E-state index in [2.05, 4.69) is 0 Å². The predicted molar refractivity (Wildman–Crippen MR) is 140 cm³/mol. The smallest absolute Gasteiger partial charge is 0.198 e. The van der Waals surface area contributed by atoms with Crippen LogP contribution in [0.1, 0.15) is 26.3 Å². The fourth-order valence-electron chi connectivity index (χ4n) is 4.01. The first-order chi connectivity index (χ1) is 16.0. The summed E-state index contributed by atoms with van der Waals surface area (Å²) < 4.78 is 0. The molecule has 2 aromatic carbocycles. The maximum absolute atomic E-state index is 13.5. The molecule has 0 saturated heterocycles. The number of Topliss-reactive ketones (excluding diaryl/α,β-unsaturated/α-hetero) is 2. The fraction of sp³-hybridized carbons (Fsp3) is 0.0714. The predicted octanol–water partition coefficient (Wildman–Crippen LogP) is 7.23. The maximum Gasteiger partial charge on any atom is 0.198 e. The first-order valence-corrected chi connectivity index (χ1v) is 12.3. The van der Waals surface area contributed by atoms with E-state index in [1.807, 2.05) is 96.5 Å². The molecule has 3 nitrogen and oxygen atoms in total. The van der Waals surface area contributed by atoms with Crippen LogP contribution in [0.4, 0.5) is 5.69 Å². The van der Waals surface area contributed by atoms with E-state index >= 15 is 0 Å². The largest absolute Gasteiger partial charge is 0.378 e. The van der Waals surface area contributed by atoms with Crippen LogP contribution in [-0.2, 0) is 0 Å². The van der Waals surface area contributed by atoms with Gasteiger partial charge in [0.05, 0.1) is 5.57 Å². The fourth-order valence-corrected chi connectivity index (χ4v) is 5.53. The van der Waals surface area contributed by atoms with Crippen molar-refractivity contribution in [2.45, 2.75) is 0 Å². The molecule has 0 saturated carbocycles. The molecule has 0 aliphatic heterocycles. The van der Waals surface area contributed by atoms with E-state index in [1.54, 1.807) is 34.8 Å². The maximum atomic E-state index is 13.5. The number of fused-ring (bicyclic) bond motifs is 1. The van der Waals surface area contributed by atoms with Crippen molar-refractivity contribution < 1.29 is 9.59 Å². The van der Waals surface area contributed by atoms with Gasteiger partial charge in [0, 0.05) is 51.8 Å². The Morgan fingerprint density at radius 3 is 1.73 bits per heavy atom. The molecule has 1 aliphatic rings. The van der Waals surface area contributed by atoms with Crippen LogP contribution >= 0.6 is 22.7 Å². The number of carbonyl (C=O) groups is 2. The Morgan fingerprint density at radius 1 is 0.727 bits per heavy atom. The Bertz CT molecular complexity index is 1320. The number of thiophene rings is 2. The molecule has 0 radical (unpaired) electrons. The summed E-state index contributed by atoms with van der Waals surface area (Å²) in [6.45, 7) is 0. The number of anilines is 1. The highest BCUT2D eigenvalue weighted by molar-refractivity contribution is 7.14. The van der Waals surface area contributed by atoms with Crippen molar-refractivity contribution in [2.24, 2.45) is 0 Å². The topological polar surface area (TPSA) is 37.4 Å². The van der Waals surface area contributed by atoms with Gasteiger partial charge in [-0.15, -0.1) is 22.7 Å². The molecular formula is C28H21NO2S2. The molecule has 4 aromatic rings. The number of nitrogens with zero attached hydrogens (tertiary/aromatic N) is 1. The van der Waals surface area contributed by atoms with Crippen LogP contribution < -0.4 is 4.90 Å². The van der Waals surface area contributed by atoms with Crippen LogP contribution in [0.15, 0.2) is 89.1 Å². The number of benzene rings is 2. The molecular weight excluding hydrogens is 446 g/mol. The van der Waals surface area contributed by atoms with Gasteiger partial charge in [-0.3, -0.25) is 9.59 Å². The van der Waals surface area contributed by atoms with Gasteiger partial charge >= 0.3 is 0 Å². The Morgan fingerprint density at radius 2 is 1.27 bits per heavy atom. The third-order valence-corrected chi connectivity index (χ3v) is 7.49. The van der Waals surface area contributed by atoms with E-state index in [9.17, 15) is 9.59 Å². The second-order valence-corrected chi connectivity index (χ2v) is 9.84. The van der Waals surface area contributed by atoms with Crippen molar-refractivity contribution in [2.75, 3.05) is 19.0 Å². The number of ketones is 2. The summed E-state index contributed by atoms with van der Waals surface area (Å²) >= 11 is 3.14. The molecule has 1 aliphatic carbocycles. The van der Waals surface area contributed by atoms with Crippen LogP contribution in [0.3, 0.4) is 0 Å². The number of hydrogen-bond acceptors (Lipinski definition) is 5. The van der Waals surface area contributed by atoms with Crippen LogP contribution in [0.2, 0.25) is 0 Å². The monoisotopic (exact) mass is 467 g/mol. The number of allylic oxidation sites excluding steroid dienone is 3. The molecule has 2 aromatic heterocycles. The molecule has 5 heteroatoms. The normalized spacial score (nSPS) is 13.1. The van der Waals surface area contributed by atoms with Gasteiger partial charge in [0.25, 0.3) is 0 Å². The Hall–Kier alpha value is -3.54. The zero-order valence-electron chi connectivity index (χ0n) is 18.2. The van der Waals surface area contributed by atoms with Crippen molar-refractivity contribution in [3.8, 4) is 20.9 Å². The summed E-state index contributed by atoms with van der Waals surface area (Å²) in [5, 5.41) is 3.97. The first kappa shape index (κ1) is 21.3. The van der Waals surface area contributed by atoms with Crippen molar-refractivity contribution in [1.82, 2.24) is 0 Å². The molecule has 0 spiro atoms. The van der Waals surface area contributed by atoms with Crippen LogP contribution in [-0.4, -0.2) is 25.7 Å².